The van der Waals surface area contributed by atoms with Gasteiger partial charge in [0.15, 0.2) is 0 Å². The molecule has 1 N–H and O–H groups in total. The second-order valence-electron chi connectivity index (χ2n) is 9.02. The number of halogens is 2. The summed E-state index contributed by atoms with van der Waals surface area (Å²) in [6.07, 6.45) is 7.07. The fourth-order valence-corrected chi connectivity index (χ4v) is 4.77. The molecule has 3 rings (SSSR count). The Labute approximate surface area is 207 Å². The number of amides is 2. The predicted octanol–water partition coefficient (Wildman–Crippen LogP) is 6.49. The maximum absolute atomic E-state index is 13.4. The van der Waals surface area contributed by atoms with Crippen LogP contribution in [0.1, 0.15) is 68.6 Å². The molecular formula is C27H34Cl2N2O2. The van der Waals surface area contributed by atoms with Crippen LogP contribution in [0, 0.1) is 6.92 Å². The molecule has 1 fully saturated rings. The van der Waals surface area contributed by atoms with Crippen LogP contribution >= 0.6 is 23.2 Å². The van der Waals surface area contributed by atoms with Crippen LogP contribution in [-0.2, 0) is 22.6 Å². The summed E-state index contributed by atoms with van der Waals surface area (Å²) in [6.45, 7) is 4.32. The second-order valence-corrected chi connectivity index (χ2v) is 9.84. The summed E-state index contributed by atoms with van der Waals surface area (Å²) in [5.74, 6) is -0.0968. The molecule has 0 saturated heterocycles. The number of nitrogens with zero attached hydrogens (tertiary/aromatic N) is 1. The van der Waals surface area contributed by atoms with E-state index in [4.69, 9.17) is 23.2 Å². The van der Waals surface area contributed by atoms with Gasteiger partial charge in [-0.1, -0.05) is 85.3 Å². The minimum absolute atomic E-state index is 0.0349. The molecule has 2 amide bonds. The lowest BCUT2D eigenvalue weighted by molar-refractivity contribution is -0.141. The Hall–Kier alpha value is -2.04. The summed E-state index contributed by atoms with van der Waals surface area (Å²) in [5, 5.41) is 4.13. The van der Waals surface area contributed by atoms with E-state index in [2.05, 4.69) is 29.6 Å². The van der Waals surface area contributed by atoms with Gasteiger partial charge in [0.25, 0.3) is 0 Å². The van der Waals surface area contributed by atoms with Gasteiger partial charge in [0.05, 0.1) is 10.0 Å². The van der Waals surface area contributed by atoms with Crippen LogP contribution in [0.5, 0.6) is 0 Å². The van der Waals surface area contributed by atoms with Crippen LogP contribution < -0.4 is 5.32 Å². The first-order valence-corrected chi connectivity index (χ1v) is 12.7. The highest BCUT2D eigenvalue weighted by Crippen LogP contribution is 2.25. The van der Waals surface area contributed by atoms with Crippen LogP contribution in [0.2, 0.25) is 10.0 Å². The third kappa shape index (κ3) is 7.48. The van der Waals surface area contributed by atoms with E-state index < -0.39 is 6.04 Å². The normalized spacial score (nSPS) is 15.2. The van der Waals surface area contributed by atoms with Crippen LogP contribution in [0.3, 0.4) is 0 Å². The van der Waals surface area contributed by atoms with E-state index >= 15 is 0 Å². The predicted molar refractivity (Wildman–Crippen MR) is 136 cm³/mol. The number of rotatable bonds is 9. The molecule has 33 heavy (non-hydrogen) atoms. The lowest BCUT2D eigenvalue weighted by Crippen LogP contribution is -2.51. The molecule has 2 aromatic carbocycles. The van der Waals surface area contributed by atoms with Gasteiger partial charge in [-0.15, -0.1) is 0 Å². The van der Waals surface area contributed by atoms with Gasteiger partial charge in [-0.2, -0.15) is 0 Å². The maximum atomic E-state index is 13.4. The SMILES string of the molecule is CC[C@H](C(=O)NC1CCCCC1)N(Cc1ccc(Cl)c(Cl)c1)C(=O)CCc1ccc(C)cc1. The highest BCUT2D eigenvalue weighted by Gasteiger charge is 2.30. The first-order chi connectivity index (χ1) is 15.9. The minimum atomic E-state index is -0.521. The molecule has 6 heteroatoms. The summed E-state index contributed by atoms with van der Waals surface area (Å²) in [4.78, 5) is 28.4. The van der Waals surface area contributed by atoms with Crippen LogP contribution in [0.15, 0.2) is 42.5 Å². The average Bonchev–Trinajstić information content (AvgIpc) is 2.81. The third-order valence-corrected chi connectivity index (χ3v) is 7.16. The monoisotopic (exact) mass is 488 g/mol. The maximum Gasteiger partial charge on any atom is 0.243 e. The van der Waals surface area contributed by atoms with Crippen molar-refractivity contribution in [2.75, 3.05) is 0 Å². The van der Waals surface area contributed by atoms with E-state index in [1.54, 1.807) is 17.0 Å². The van der Waals surface area contributed by atoms with Crippen molar-refractivity contribution in [3.05, 3.63) is 69.2 Å². The van der Waals surface area contributed by atoms with Crippen molar-refractivity contribution in [2.45, 2.75) is 83.8 Å². The molecule has 1 atom stereocenters. The van der Waals surface area contributed by atoms with E-state index in [0.29, 0.717) is 35.9 Å². The fraction of sp³-hybridized carbons (Fsp3) is 0.481. The van der Waals surface area contributed by atoms with Gasteiger partial charge in [0.1, 0.15) is 6.04 Å². The zero-order valence-corrected chi connectivity index (χ0v) is 21.1. The van der Waals surface area contributed by atoms with Crippen LogP contribution in [0.25, 0.3) is 0 Å². The molecule has 178 valence electrons. The first kappa shape index (κ1) is 25.6. The molecule has 0 unspecified atom stereocenters. The van der Waals surface area contributed by atoms with Gasteiger partial charge >= 0.3 is 0 Å². The standard InChI is InChI=1S/C27H34Cl2N2O2/c1-3-25(27(33)30-22-7-5-4-6-8-22)31(18-21-13-15-23(28)24(29)17-21)26(32)16-14-20-11-9-19(2)10-12-20/h9-13,15,17,22,25H,3-8,14,16,18H2,1-2H3,(H,30,33)/t25-/m1/s1. The summed E-state index contributed by atoms with van der Waals surface area (Å²) in [6, 6.07) is 13.3. The van der Waals surface area contributed by atoms with E-state index in [0.717, 1.165) is 36.8 Å². The summed E-state index contributed by atoms with van der Waals surface area (Å²) >= 11 is 12.3. The average molecular weight is 489 g/mol. The van der Waals surface area contributed by atoms with Crippen molar-refractivity contribution < 1.29 is 9.59 Å². The Kier molecular flexibility index (Phi) is 9.64. The first-order valence-electron chi connectivity index (χ1n) is 12.0. The van der Waals surface area contributed by atoms with Crippen molar-refractivity contribution in [3.8, 4) is 0 Å². The number of aryl methyl sites for hydroxylation is 2. The molecule has 0 radical (unpaired) electrons. The molecule has 0 aromatic heterocycles. The van der Waals surface area contributed by atoms with Gasteiger partial charge < -0.3 is 10.2 Å². The largest absolute Gasteiger partial charge is 0.352 e. The Morgan fingerprint density at radius 3 is 2.30 bits per heavy atom. The number of carbonyl (C=O) groups is 2. The van der Waals surface area contributed by atoms with Crippen LogP contribution in [-0.4, -0.2) is 28.8 Å². The lowest BCUT2D eigenvalue weighted by atomic mass is 9.95. The van der Waals surface area contributed by atoms with E-state index in [1.807, 2.05) is 19.9 Å². The zero-order chi connectivity index (χ0) is 23.8. The number of hydrogen-bond donors (Lipinski definition) is 1. The lowest BCUT2D eigenvalue weighted by Gasteiger charge is -2.33. The molecule has 0 aliphatic heterocycles. The quantitative estimate of drug-likeness (QED) is 0.438. The summed E-state index contributed by atoms with van der Waals surface area (Å²) < 4.78 is 0. The number of benzene rings is 2. The smallest absolute Gasteiger partial charge is 0.243 e. The third-order valence-electron chi connectivity index (χ3n) is 6.42. The Morgan fingerprint density at radius 2 is 1.67 bits per heavy atom. The Morgan fingerprint density at radius 1 is 1.00 bits per heavy atom. The van der Waals surface area contributed by atoms with E-state index in [-0.39, 0.29) is 17.9 Å². The highest BCUT2D eigenvalue weighted by molar-refractivity contribution is 6.42. The van der Waals surface area contributed by atoms with Gasteiger partial charge in [0.2, 0.25) is 11.8 Å². The number of nitrogens with one attached hydrogen (secondary N) is 1. The molecule has 1 saturated carbocycles. The van der Waals surface area contributed by atoms with Gasteiger partial charge in [-0.3, -0.25) is 9.59 Å². The van der Waals surface area contributed by atoms with Gasteiger partial charge in [-0.25, -0.2) is 0 Å². The van der Waals surface area contributed by atoms with Crippen molar-refractivity contribution >= 4 is 35.0 Å². The second kappa shape index (κ2) is 12.4. The Bertz CT molecular complexity index is 940. The molecule has 4 nitrogen and oxygen atoms in total. The van der Waals surface area contributed by atoms with Crippen LogP contribution in [0.4, 0.5) is 0 Å². The topological polar surface area (TPSA) is 49.4 Å². The van der Waals surface area contributed by atoms with Gasteiger partial charge in [-0.05, 0) is 55.9 Å². The summed E-state index contributed by atoms with van der Waals surface area (Å²) in [7, 11) is 0. The van der Waals surface area contributed by atoms with Crippen molar-refractivity contribution in [1.29, 1.82) is 0 Å². The summed E-state index contributed by atoms with van der Waals surface area (Å²) in [5.41, 5.74) is 3.16. The molecule has 1 aliphatic carbocycles. The molecular weight excluding hydrogens is 455 g/mol. The van der Waals surface area contributed by atoms with Crippen molar-refractivity contribution in [3.63, 3.8) is 0 Å². The molecule has 0 heterocycles. The minimum Gasteiger partial charge on any atom is -0.352 e. The van der Waals surface area contributed by atoms with Gasteiger partial charge in [0, 0.05) is 19.0 Å². The fourth-order valence-electron chi connectivity index (χ4n) is 4.45. The number of carbonyl (C=O) groups excluding carboxylic acids is 2. The number of hydrogen-bond acceptors (Lipinski definition) is 2. The molecule has 2 aromatic rings. The van der Waals surface area contributed by atoms with Crippen molar-refractivity contribution in [1.82, 2.24) is 10.2 Å². The molecule has 0 spiro atoms. The van der Waals surface area contributed by atoms with Crippen molar-refractivity contribution in [2.24, 2.45) is 0 Å². The molecule has 1 aliphatic rings. The van der Waals surface area contributed by atoms with E-state index in [9.17, 15) is 9.59 Å². The highest BCUT2D eigenvalue weighted by atomic mass is 35.5. The Balaban J connectivity index is 1.77. The van der Waals surface area contributed by atoms with E-state index in [1.165, 1.54) is 12.0 Å². The zero-order valence-electron chi connectivity index (χ0n) is 19.6. The molecule has 0 bridgehead atoms.